The Balaban J connectivity index is 3.75. The van der Waals surface area contributed by atoms with Gasteiger partial charge in [-0.25, -0.2) is 22.0 Å². The summed E-state index contributed by atoms with van der Waals surface area (Å²) in [5.41, 5.74) is -2.21. The Bertz CT molecular complexity index is 647. The van der Waals surface area contributed by atoms with Crippen molar-refractivity contribution in [2.24, 2.45) is 0 Å². The summed E-state index contributed by atoms with van der Waals surface area (Å²) in [6.07, 6.45) is -2.35. The van der Waals surface area contributed by atoms with Gasteiger partial charge in [-0.05, 0) is 12.1 Å². The molecule has 0 aromatic heterocycles. The van der Waals surface area contributed by atoms with Crippen molar-refractivity contribution in [1.29, 1.82) is 5.26 Å². The van der Waals surface area contributed by atoms with E-state index in [1.165, 1.54) is 6.07 Å². The Labute approximate surface area is 101 Å². The Morgan fingerprint density at radius 3 is 2.33 bits per heavy atom. The van der Waals surface area contributed by atoms with Crippen molar-refractivity contribution in [3.05, 3.63) is 28.8 Å². The summed E-state index contributed by atoms with van der Waals surface area (Å²) < 4.78 is 47.9. The van der Waals surface area contributed by atoms with E-state index in [1.807, 2.05) is 0 Å². The molecule has 0 aliphatic rings. The predicted octanol–water partition coefficient (Wildman–Crippen LogP) is 1.60. The van der Waals surface area contributed by atoms with Gasteiger partial charge in [0, 0.05) is 11.8 Å². The number of hydrogen-bond acceptors (Lipinski definition) is 4. The van der Waals surface area contributed by atoms with E-state index in [2.05, 4.69) is 0 Å². The zero-order valence-corrected chi connectivity index (χ0v) is 9.83. The minimum atomic E-state index is -3.87. The van der Waals surface area contributed by atoms with Crippen LogP contribution in [0.3, 0.4) is 0 Å². The van der Waals surface area contributed by atoms with Crippen LogP contribution in [0.4, 0.5) is 8.78 Å². The molecule has 0 spiro atoms. The summed E-state index contributed by atoms with van der Waals surface area (Å²) in [7, 11) is -3.87. The van der Waals surface area contributed by atoms with Crippen LogP contribution < -0.4 is 0 Å². The van der Waals surface area contributed by atoms with Crippen molar-refractivity contribution >= 4 is 15.8 Å². The van der Waals surface area contributed by atoms with Crippen molar-refractivity contribution in [3.8, 4) is 6.07 Å². The number of carboxylic acid groups (broad SMARTS) is 1. The van der Waals surface area contributed by atoms with Crippen LogP contribution in [0.1, 0.15) is 27.9 Å². The molecule has 0 aliphatic carbocycles. The Morgan fingerprint density at radius 2 is 2.00 bits per heavy atom. The first-order valence-electron chi connectivity index (χ1n) is 4.48. The third kappa shape index (κ3) is 2.62. The molecule has 0 bridgehead atoms. The number of nitriles is 1. The van der Waals surface area contributed by atoms with Gasteiger partial charge in [0.05, 0.1) is 16.0 Å². The van der Waals surface area contributed by atoms with E-state index < -0.39 is 43.8 Å². The normalized spacial score (nSPS) is 11.3. The Kier molecular flexibility index (Phi) is 3.67. The number of nitrogens with zero attached hydrogens (tertiary/aromatic N) is 1. The lowest BCUT2D eigenvalue weighted by Crippen LogP contribution is -2.09. The molecular weight excluding hydrogens is 268 g/mol. The number of alkyl halides is 2. The molecule has 18 heavy (non-hydrogen) atoms. The molecule has 0 fully saturated rings. The minimum absolute atomic E-state index is 0.502. The fourth-order valence-electron chi connectivity index (χ4n) is 1.36. The topological polar surface area (TPSA) is 95.2 Å². The quantitative estimate of drug-likeness (QED) is 0.903. The van der Waals surface area contributed by atoms with Crippen molar-refractivity contribution in [2.75, 3.05) is 6.26 Å². The summed E-state index contributed by atoms with van der Waals surface area (Å²) in [6.45, 7) is 0. The molecule has 8 heteroatoms. The number of halogens is 2. The molecule has 0 saturated heterocycles. The van der Waals surface area contributed by atoms with E-state index in [9.17, 15) is 22.0 Å². The first kappa shape index (κ1) is 14.1. The van der Waals surface area contributed by atoms with E-state index >= 15 is 0 Å². The van der Waals surface area contributed by atoms with Crippen LogP contribution in [-0.4, -0.2) is 25.7 Å². The highest BCUT2D eigenvalue weighted by Crippen LogP contribution is 2.28. The van der Waals surface area contributed by atoms with Crippen LogP contribution in [0, 0.1) is 11.3 Å². The van der Waals surface area contributed by atoms with Gasteiger partial charge in [-0.15, -0.1) is 0 Å². The highest BCUT2D eigenvalue weighted by Gasteiger charge is 2.24. The van der Waals surface area contributed by atoms with Crippen LogP contribution in [-0.2, 0) is 9.84 Å². The largest absolute Gasteiger partial charge is 0.478 e. The van der Waals surface area contributed by atoms with Crippen molar-refractivity contribution in [3.63, 3.8) is 0 Å². The van der Waals surface area contributed by atoms with Crippen LogP contribution in [0.5, 0.6) is 0 Å². The van der Waals surface area contributed by atoms with Gasteiger partial charge < -0.3 is 5.11 Å². The molecular formula is C10H7F2NO4S. The number of hydrogen-bond donors (Lipinski definition) is 1. The Hall–Kier alpha value is -2.01. The molecule has 1 aromatic carbocycles. The van der Waals surface area contributed by atoms with Gasteiger partial charge in [0.15, 0.2) is 9.84 Å². The van der Waals surface area contributed by atoms with E-state index in [4.69, 9.17) is 10.4 Å². The average molecular weight is 275 g/mol. The molecule has 0 saturated carbocycles. The van der Waals surface area contributed by atoms with Crippen molar-refractivity contribution in [2.45, 2.75) is 11.3 Å². The number of benzene rings is 1. The highest BCUT2D eigenvalue weighted by molar-refractivity contribution is 7.90. The second kappa shape index (κ2) is 4.70. The van der Waals surface area contributed by atoms with Gasteiger partial charge in [-0.2, -0.15) is 5.26 Å². The lowest BCUT2D eigenvalue weighted by molar-refractivity contribution is 0.0684. The second-order valence-corrected chi connectivity index (χ2v) is 5.41. The summed E-state index contributed by atoms with van der Waals surface area (Å²) in [5, 5.41) is 17.5. The maximum Gasteiger partial charge on any atom is 0.336 e. The standard InChI is InChI=1S/C10H7F2NO4S/c1-18(16,17)8-3-7(10(14)15)6(9(11)12)2-5(8)4-13/h2-3,9H,1H3,(H,14,15). The molecule has 0 atom stereocenters. The van der Waals surface area contributed by atoms with Gasteiger partial charge in [-0.1, -0.05) is 0 Å². The zero-order chi connectivity index (χ0) is 14.1. The predicted molar refractivity (Wildman–Crippen MR) is 56.2 cm³/mol. The number of sulfone groups is 1. The third-order valence-corrected chi connectivity index (χ3v) is 3.27. The zero-order valence-electron chi connectivity index (χ0n) is 9.02. The van der Waals surface area contributed by atoms with E-state index in [1.54, 1.807) is 0 Å². The molecule has 5 nitrogen and oxygen atoms in total. The Morgan fingerprint density at radius 1 is 1.44 bits per heavy atom. The van der Waals surface area contributed by atoms with Crippen molar-refractivity contribution < 1.29 is 27.1 Å². The van der Waals surface area contributed by atoms with Gasteiger partial charge in [0.2, 0.25) is 0 Å². The molecule has 1 aromatic rings. The minimum Gasteiger partial charge on any atom is -0.478 e. The van der Waals surface area contributed by atoms with Crippen LogP contribution in [0.25, 0.3) is 0 Å². The fourth-order valence-corrected chi connectivity index (χ4v) is 2.19. The van der Waals surface area contributed by atoms with Gasteiger partial charge in [-0.3, -0.25) is 0 Å². The molecule has 0 amide bonds. The molecule has 0 heterocycles. The average Bonchev–Trinajstić information content (AvgIpc) is 2.25. The molecule has 1 rings (SSSR count). The van der Waals surface area contributed by atoms with Gasteiger partial charge in [0.25, 0.3) is 6.43 Å². The van der Waals surface area contributed by atoms with Gasteiger partial charge >= 0.3 is 5.97 Å². The van der Waals surface area contributed by atoms with E-state index in [0.717, 1.165) is 6.26 Å². The van der Waals surface area contributed by atoms with E-state index in [-0.39, 0.29) is 0 Å². The monoisotopic (exact) mass is 275 g/mol. The van der Waals surface area contributed by atoms with Crippen LogP contribution in [0.2, 0.25) is 0 Å². The lowest BCUT2D eigenvalue weighted by Gasteiger charge is -2.09. The third-order valence-electron chi connectivity index (χ3n) is 2.14. The maximum absolute atomic E-state index is 12.6. The molecule has 0 radical (unpaired) electrons. The summed E-state index contributed by atoms with van der Waals surface area (Å²) >= 11 is 0. The first-order valence-corrected chi connectivity index (χ1v) is 6.37. The maximum atomic E-state index is 12.6. The summed E-state index contributed by atoms with van der Waals surface area (Å²) in [6, 6.07) is 2.63. The first-order chi connectivity index (χ1) is 8.18. The molecule has 0 unspecified atom stereocenters. The van der Waals surface area contributed by atoms with Crippen molar-refractivity contribution in [1.82, 2.24) is 0 Å². The SMILES string of the molecule is CS(=O)(=O)c1cc(C(=O)O)c(C(F)F)cc1C#N. The number of aromatic carboxylic acids is 1. The number of carboxylic acids is 1. The molecule has 1 N–H and O–H groups in total. The second-order valence-electron chi connectivity index (χ2n) is 3.43. The van der Waals surface area contributed by atoms with E-state index in [0.29, 0.717) is 12.1 Å². The smallest absolute Gasteiger partial charge is 0.336 e. The summed E-state index contributed by atoms with van der Waals surface area (Å²) in [4.78, 5) is 10.2. The summed E-state index contributed by atoms with van der Waals surface area (Å²) in [5.74, 6) is -1.68. The highest BCUT2D eigenvalue weighted by atomic mass is 32.2. The van der Waals surface area contributed by atoms with Crippen LogP contribution >= 0.6 is 0 Å². The fraction of sp³-hybridized carbons (Fsp3) is 0.200. The lowest BCUT2D eigenvalue weighted by atomic mass is 10.0. The number of rotatable bonds is 3. The molecule has 96 valence electrons. The number of carbonyl (C=O) groups is 1. The molecule has 0 aliphatic heterocycles. The van der Waals surface area contributed by atoms with Gasteiger partial charge in [0.1, 0.15) is 6.07 Å². The van der Waals surface area contributed by atoms with Crippen LogP contribution in [0.15, 0.2) is 17.0 Å².